The van der Waals surface area contributed by atoms with Gasteiger partial charge in [0.1, 0.15) is 0 Å². The lowest BCUT2D eigenvalue weighted by Gasteiger charge is -2.04. The molecule has 0 aromatic heterocycles. The number of carbonyl (C=O) groups excluding carboxylic acids is 1. The van der Waals surface area contributed by atoms with Gasteiger partial charge in [-0.15, -0.1) is 0 Å². The molecule has 0 radical (unpaired) electrons. The molecule has 0 bridgehead atoms. The molecule has 1 heterocycles. The summed E-state index contributed by atoms with van der Waals surface area (Å²) in [5.74, 6) is 1.12. The minimum Gasteiger partial charge on any atom is -0.454 e. The average molecular weight is 316 g/mol. The molecule has 0 amide bonds. The molecule has 5 heteroatoms. The Morgan fingerprint density at radius 2 is 2.00 bits per heavy atom. The van der Waals surface area contributed by atoms with Crippen molar-refractivity contribution in [3.8, 4) is 11.5 Å². The zero-order valence-corrected chi connectivity index (χ0v) is 12.7. The number of ether oxygens (including phenoxy) is 2. The summed E-state index contributed by atoms with van der Waals surface area (Å²) < 4.78 is 10.5. The van der Waals surface area contributed by atoms with Crippen LogP contribution in [0.3, 0.4) is 0 Å². The highest BCUT2D eigenvalue weighted by molar-refractivity contribution is 6.33. The molecular formula is C17H14ClNO3. The Labute approximate surface area is 133 Å². The van der Waals surface area contributed by atoms with Gasteiger partial charge in [0.05, 0.1) is 10.7 Å². The van der Waals surface area contributed by atoms with Crippen LogP contribution in [0.5, 0.6) is 11.5 Å². The maximum absolute atomic E-state index is 12.1. The Kier molecular flexibility index (Phi) is 4.02. The van der Waals surface area contributed by atoms with Gasteiger partial charge >= 0.3 is 0 Å². The predicted molar refractivity (Wildman–Crippen MR) is 85.8 cm³/mol. The maximum atomic E-state index is 12.1. The molecular weight excluding hydrogens is 302 g/mol. The minimum atomic E-state index is -0.131. The minimum absolute atomic E-state index is 0.131. The van der Waals surface area contributed by atoms with E-state index in [-0.39, 0.29) is 12.6 Å². The zero-order chi connectivity index (χ0) is 15.5. The van der Waals surface area contributed by atoms with Crippen LogP contribution in [0.1, 0.15) is 15.9 Å². The Balaban J connectivity index is 1.68. The molecule has 3 rings (SSSR count). The fourth-order valence-electron chi connectivity index (χ4n) is 2.09. The molecule has 1 aliphatic rings. The average Bonchev–Trinajstić information content (AvgIpc) is 2.96. The normalized spacial score (nSPS) is 12.6. The first-order chi connectivity index (χ1) is 10.6. The molecule has 0 saturated heterocycles. The van der Waals surface area contributed by atoms with Gasteiger partial charge in [-0.25, -0.2) is 0 Å². The standard InChI is InChI=1S/C17H14ClNO3/c1-11-2-4-14(13(18)8-11)19-7-6-15(20)12-3-5-16-17(9-12)22-10-21-16/h2-9,19H,10H2,1H3. The molecule has 4 nitrogen and oxygen atoms in total. The van der Waals surface area contributed by atoms with Crippen LogP contribution < -0.4 is 14.8 Å². The van der Waals surface area contributed by atoms with Gasteiger partial charge in [-0.3, -0.25) is 4.79 Å². The molecule has 1 N–H and O–H groups in total. The van der Waals surface area contributed by atoms with Crippen LogP contribution in [0.25, 0.3) is 0 Å². The molecule has 0 aliphatic carbocycles. The van der Waals surface area contributed by atoms with Crippen LogP contribution >= 0.6 is 11.6 Å². The van der Waals surface area contributed by atoms with Crippen molar-refractivity contribution in [2.24, 2.45) is 0 Å². The Bertz CT molecular complexity index is 756. The van der Waals surface area contributed by atoms with E-state index in [0.717, 1.165) is 11.3 Å². The number of hydrogen-bond donors (Lipinski definition) is 1. The topological polar surface area (TPSA) is 47.6 Å². The summed E-state index contributed by atoms with van der Waals surface area (Å²) in [6, 6.07) is 10.8. The quantitative estimate of drug-likeness (QED) is 0.679. The number of halogens is 1. The highest BCUT2D eigenvalue weighted by Gasteiger charge is 2.15. The summed E-state index contributed by atoms with van der Waals surface area (Å²) in [6.45, 7) is 2.16. The third kappa shape index (κ3) is 3.07. The monoisotopic (exact) mass is 315 g/mol. The van der Waals surface area contributed by atoms with E-state index in [1.165, 1.54) is 6.08 Å². The molecule has 112 valence electrons. The van der Waals surface area contributed by atoms with Crippen molar-refractivity contribution < 1.29 is 14.3 Å². The van der Waals surface area contributed by atoms with Crippen LogP contribution in [0.2, 0.25) is 5.02 Å². The van der Waals surface area contributed by atoms with Gasteiger partial charge in [0.15, 0.2) is 17.3 Å². The van der Waals surface area contributed by atoms with E-state index >= 15 is 0 Å². The number of carbonyl (C=O) groups is 1. The zero-order valence-electron chi connectivity index (χ0n) is 11.9. The van der Waals surface area contributed by atoms with E-state index in [0.29, 0.717) is 22.1 Å². The van der Waals surface area contributed by atoms with Crippen LogP contribution in [0, 0.1) is 6.92 Å². The molecule has 0 fully saturated rings. The van der Waals surface area contributed by atoms with E-state index in [1.807, 2.05) is 25.1 Å². The van der Waals surface area contributed by atoms with Gasteiger partial charge < -0.3 is 14.8 Å². The third-order valence-electron chi connectivity index (χ3n) is 3.26. The van der Waals surface area contributed by atoms with Crippen LogP contribution in [-0.2, 0) is 0 Å². The lowest BCUT2D eigenvalue weighted by molar-refractivity contribution is 0.104. The third-order valence-corrected chi connectivity index (χ3v) is 3.57. The Morgan fingerprint density at radius 3 is 2.82 bits per heavy atom. The lowest BCUT2D eigenvalue weighted by atomic mass is 10.1. The molecule has 0 saturated carbocycles. The first-order valence-electron chi connectivity index (χ1n) is 6.77. The molecule has 2 aromatic rings. The Morgan fingerprint density at radius 1 is 1.18 bits per heavy atom. The second-order valence-corrected chi connectivity index (χ2v) is 5.30. The van der Waals surface area contributed by atoms with Gasteiger partial charge in [-0.1, -0.05) is 17.7 Å². The molecule has 22 heavy (non-hydrogen) atoms. The first-order valence-corrected chi connectivity index (χ1v) is 7.14. The van der Waals surface area contributed by atoms with E-state index in [2.05, 4.69) is 5.32 Å². The number of aryl methyl sites for hydroxylation is 1. The molecule has 0 atom stereocenters. The predicted octanol–water partition coefficient (Wildman–Crippen LogP) is 4.19. The lowest BCUT2D eigenvalue weighted by Crippen LogP contribution is -1.97. The van der Waals surface area contributed by atoms with Gasteiger partial charge in [-0.2, -0.15) is 0 Å². The largest absolute Gasteiger partial charge is 0.454 e. The summed E-state index contributed by atoms with van der Waals surface area (Å²) in [5, 5.41) is 3.62. The summed E-state index contributed by atoms with van der Waals surface area (Å²) in [5.41, 5.74) is 2.37. The number of fused-ring (bicyclic) bond motifs is 1. The first kappa shape index (κ1) is 14.5. The van der Waals surface area contributed by atoms with Crippen LogP contribution in [-0.4, -0.2) is 12.6 Å². The number of allylic oxidation sites excluding steroid dienone is 1. The molecule has 1 aliphatic heterocycles. The highest BCUT2D eigenvalue weighted by Crippen LogP contribution is 2.32. The van der Waals surface area contributed by atoms with Crippen molar-refractivity contribution in [1.82, 2.24) is 0 Å². The number of rotatable bonds is 4. The summed E-state index contributed by atoms with van der Waals surface area (Å²) in [7, 11) is 0. The van der Waals surface area contributed by atoms with E-state index < -0.39 is 0 Å². The smallest absolute Gasteiger partial charge is 0.231 e. The van der Waals surface area contributed by atoms with Crippen molar-refractivity contribution in [3.05, 3.63) is 64.8 Å². The summed E-state index contributed by atoms with van der Waals surface area (Å²) >= 11 is 6.11. The highest BCUT2D eigenvalue weighted by atomic mass is 35.5. The second kappa shape index (κ2) is 6.12. The van der Waals surface area contributed by atoms with E-state index in [1.54, 1.807) is 24.4 Å². The van der Waals surface area contributed by atoms with Crippen molar-refractivity contribution in [2.45, 2.75) is 6.92 Å². The summed E-state index contributed by atoms with van der Waals surface area (Å²) in [4.78, 5) is 12.1. The fraction of sp³-hybridized carbons (Fsp3) is 0.118. The summed E-state index contributed by atoms with van der Waals surface area (Å²) in [6.07, 6.45) is 3.02. The van der Waals surface area contributed by atoms with Crippen molar-refractivity contribution in [2.75, 3.05) is 12.1 Å². The van der Waals surface area contributed by atoms with Gasteiger partial charge in [-0.05, 0) is 42.8 Å². The number of anilines is 1. The fourth-order valence-corrected chi connectivity index (χ4v) is 2.38. The number of benzene rings is 2. The number of nitrogens with one attached hydrogen (secondary N) is 1. The molecule has 0 unspecified atom stereocenters. The Hall–Kier alpha value is -2.46. The number of ketones is 1. The second-order valence-electron chi connectivity index (χ2n) is 4.89. The molecule has 0 spiro atoms. The van der Waals surface area contributed by atoms with Gasteiger partial charge in [0, 0.05) is 17.8 Å². The van der Waals surface area contributed by atoms with Gasteiger partial charge in [0.25, 0.3) is 0 Å². The van der Waals surface area contributed by atoms with E-state index in [9.17, 15) is 4.79 Å². The molecule has 2 aromatic carbocycles. The van der Waals surface area contributed by atoms with Crippen molar-refractivity contribution in [1.29, 1.82) is 0 Å². The van der Waals surface area contributed by atoms with Crippen molar-refractivity contribution in [3.63, 3.8) is 0 Å². The van der Waals surface area contributed by atoms with E-state index in [4.69, 9.17) is 21.1 Å². The number of hydrogen-bond acceptors (Lipinski definition) is 4. The maximum Gasteiger partial charge on any atom is 0.231 e. The van der Waals surface area contributed by atoms with Crippen LogP contribution in [0.15, 0.2) is 48.7 Å². The SMILES string of the molecule is Cc1ccc(NC=CC(=O)c2ccc3c(c2)OCO3)c(Cl)c1. The van der Waals surface area contributed by atoms with Gasteiger partial charge in [0.2, 0.25) is 6.79 Å². The van der Waals surface area contributed by atoms with Crippen molar-refractivity contribution >= 4 is 23.1 Å². The van der Waals surface area contributed by atoms with Crippen LogP contribution in [0.4, 0.5) is 5.69 Å².